The minimum atomic E-state index is 0.286. The van der Waals surface area contributed by atoms with Crippen LogP contribution < -0.4 is 0 Å². The Balaban J connectivity index is 1.98. The van der Waals surface area contributed by atoms with Crippen molar-refractivity contribution in [3.05, 3.63) is 35.7 Å². The molecule has 21 heavy (non-hydrogen) atoms. The highest BCUT2D eigenvalue weighted by molar-refractivity contribution is 5.37. The second-order valence-corrected chi connectivity index (χ2v) is 5.16. The van der Waals surface area contributed by atoms with Gasteiger partial charge in [0.1, 0.15) is 6.61 Å². The van der Waals surface area contributed by atoms with E-state index in [-0.39, 0.29) is 5.92 Å². The summed E-state index contributed by atoms with van der Waals surface area (Å²) in [5, 5.41) is 4.69. The molecule has 1 aliphatic rings. The van der Waals surface area contributed by atoms with Gasteiger partial charge in [0.25, 0.3) is 0 Å². The number of hydrogen-bond acceptors (Lipinski definition) is 5. The van der Waals surface area contributed by atoms with Crippen LogP contribution in [-0.2, 0) is 16.1 Å². The van der Waals surface area contributed by atoms with Crippen molar-refractivity contribution in [2.24, 2.45) is 0 Å². The Morgan fingerprint density at radius 3 is 3.10 bits per heavy atom. The highest BCUT2D eigenvalue weighted by Gasteiger charge is 2.24. The van der Waals surface area contributed by atoms with Gasteiger partial charge in [-0.3, -0.25) is 4.98 Å². The van der Waals surface area contributed by atoms with Crippen molar-refractivity contribution in [2.75, 3.05) is 19.8 Å². The lowest BCUT2D eigenvalue weighted by molar-refractivity contribution is 0.126. The van der Waals surface area contributed by atoms with Gasteiger partial charge in [-0.1, -0.05) is 0 Å². The first-order chi connectivity index (χ1) is 10.3. The number of aromatic nitrogens is 4. The normalized spacial score (nSPS) is 18.3. The van der Waals surface area contributed by atoms with E-state index in [0.717, 1.165) is 35.9 Å². The van der Waals surface area contributed by atoms with Crippen molar-refractivity contribution >= 4 is 0 Å². The van der Waals surface area contributed by atoms with Gasteiger partial charge in [0.15, 0.2) is 11.6 Å². The summed E-state index contributed by atoms with van der Waals surface area (Å²) >= 11 is 0. The summed E-state index contributed by atoms with van der Waals surface area (Å²) < 4.78 is 12.8. The van der Waals surface area contributed by atoms with Crippen LogP contribution in [0.15, 0.2) is 18.5 Å². The molecule has 1 saturated heterocycles. The molecule has 112 valence electrons. The van der Waals surface area contributed by atoms with Crippen molar-refractivity contribution in [2.45, 2.75) is 32.8 Å². The zero-order valence-corrected chi connectivity index (χ0v) is 12.5. The van der Waals surface area contributed by atoms with Crippen LogP contribution in [0, 0.1) is 6.92 Å². The molecule has 0 amide bonds. The summed E-state index contributed by atoms with van der Waals surface area (Å²) in [6, 6.07) is 1.95. The predicted molar refractivity (Wildman–Crippen MR) is 77.4 cm³/mol. The van der Waals surface area contributed by atoms with Gasteiger partial charge in [-0.15, -0.1) is 0 Å². The largest absolute Gasteiger partial charge is 0.381 e. The Bertz CT molecular complexity index is 605. The van der Waals surface area contributed by atoms with Crippen LogP contribution in [0.5, 0.6) is 0 Å². The van der Waals surface area contributed by atoms with Gasteiger partial charge in [0, 0.05) is 31.5 Å². The summed E-state index contributed by atoms with van der Waals surface area (Å²) in [5.41, 5.74) is 2.06. The van der Waals surface area contributed by atoms with E-state index in [4.69, 9.17) is 14.6 Å². The summed E-state index contributed by atoms with van der Waals surface area (Å²) in [4.78, 5) is 8.81. The molecule has 0 bridgehead atoms. The van der Waals surface area contributed by atoms with Crippen molar-refractivity contribution < 1.29 is 9.47 Å². The van der Waals surface area contributed by atoms with Crippen LogP contribution in [0.4, 0.5) is 0 Å². The third-order valence-electron chi connectivity index (χ3n) is 3.64. The molecule has 3 rings (SSSR count). The average Bonchev–Trinajstić information content (AvgIpc) is 3.15. The van der Waals surface area contributed by atoms with Gasteiger partial charge in [-0.2, -0.15) is 5.10 Å². The first kappa shape index (κ1) is 14.2. The number of ether oxygens (including phenoxy) is 2. The van der Waals surface area contributed by atoms with E-state index in [1.54, 1.807) is 6.20 Å². The third-order valence-corrected chi connectivity index (χ3v) is 3.64. The molecule has 2 aromatic heterocycles. The zero-order chi connectivity index (χ0) is 14.7. The Kier molecular flexibility index (Phi) is 4.26. The van der Waals surface area contributed by atoms with Crippen molar-refractivity contribution in [1.82, 2.24) is 19.7 Å². The standard InChI is InChI=1S/C15H20N4O2/c1-3-20-10-14-17-15(12-5-7-21-9-12)18-19(14)13-4-6-16-8-11(13)2/h4,6,8,12H,3,5,7,9-10H2,1-2H3/t12-/m0/s1. The van der Waals surface area contributed by atoms with Crippen LogP contribution in [0.2, 0.25) is 0 Å². The smallest absolute Gasteiger partial charge is 0.158 e. The minimum absolute atomic E-state index is 0.286. The third kappa shape index (κ3) is 2.96. The maximum absolute atomic E-state index is 5.53. The molecule has 3 heterocycles. The average molecular weight is 288 g/mol. The Morgan fingerprint density at radius 2 is 2.38 bits per heavy atom. The van der Waals surface area contributed by atoms with E-state index < -0.39 is 0 Å². The molecule has 1 aliphatic heterocycles. The SMILES string of the molecule is CCOCc1nc([C@H]2CCOC2)nn1-c1ccncc1C. The highest BCUT2D eigenvalue weighted by atomic mass is 16.5. The summed E-state index contributed by atoms with van der Waals surface area (Å²) in [5.74, 6) is 1.96. The number of pyridine rings is 1. The minimum Gasteiger partial charge on any atom is -0.381 e. The second-order valence-electron chi connectivity index (χ2n) is 5.16. The lowest BCUT2D eigenvalue weighted by Gasteiger charge is -2.08. The van der Waals surface area contributed by atoms with Gasteiger partial charge in [-0.25, -0.2) is 9.67 Å². The van der Waals surface area contributed by atoms with Crippen LogP contribution >= 0.6 is 0 Å². The second kappa shape index (κ2) is 6.32. The fourth-order valence-electron chi connectivity index (χ4n) is 2.46. The molecular formula is C15H20N4O2. The lowest BCUT2D eigenvalue weighted by atomic mass is 10.1. The van der Waals surface area contributed by atoms with E-state index >= 15 is 0 Å². The van der Waals surface area contributed by atoms with E-state index in [9.17, 15) is 0 Å². The van der Waals surface area contributed by atoms with Crippen LogP contribution in [0.1, 0.15) is 36.5 Å². The summed E-state index contributed by atoms with van der Waals surface area (Å²) in [7, 11) is 0. The van der Waals surface area contributed by atoms with E-state index in [1.807, 2.05) is 30.8 Å². The molecule has 0 radical (unpaired) electrons. The van der Waals surface area contributed by atoms with Gasteiger partial charge < -0.3 is 9.47 Å². The Hall–Kier alpha value is -1.79. The molecule has 1 atom stereocenters. The molecule has 0 aromatic carbocycles. The molecular weight excluding hydrogens is 268 g/mol. The van der Waals surface area contributed by atoms with Crippen LogP contribution in [-0.4, -0.2) is 39.6 Å². The van der Waals surface area contributed by atoms with E-state index in [2.05, 4.69) is 9.97 Å². The first-order valence-corrected chi connectivity index (χ1v) is 7.32. The molecule has 0 spiro atoms. The lowest BCUT2D eigenvalue weighted by Crippen LogP contribution is -2.07. The number of nitrogens with zero attached hydrogens (tertiary/aromatic N) is 4. The van der Waals surface area contributed by atoms with Crippen molar-refractivity contribution in [3.63, 3.8) is 0 Å². The molecule has 0 saturated carbocycles. The van der Waals surface area contributed by atoms with Gasteiger partial charge in [0.05, 0.1) is 12.3 Å². The molecule has 0 aliphatic carbocycles. The van der Waals surface area contributed by atoms with E-state index in [0.29, 0.717) is 19.8 Å². The van der Waals surface area contributed by atoms with E-state index in [1.165, 1.54) is 0 Å². The molecule has 0 N–H and O–H groups in total. The molecule has 6 nitrogen and oxygen atoms in total. The predicted octanol–water partition coefficient (Wildman–Crippen LogP) is 2.01. The molecule has 1 fully saturated rings. The number of hydrogen-bond donors (Lipinski definition) is 0. The van der Waals surface area contributed by atoms with Crippen molar-refractivity contribution in [1.29, 1.82) is 0 Å². The summed E-state index contributed by atoms with van der Waals surface area (Å²) in [6.07, 6.45) is 4.58. The first-order valence-electron chi connectivity index (χ1n) is 7.32. The van der Waals surface area contributed by atoms with Gasteiger partial charge in [0.2, 0.25) is 0 Å². The number of aryl methyl sites for hydroxylation is 1. The fraction of sp³-hybridized carbons (Fsp3) is 0.533. The Labute approximate surface area is 124 Å². The van der Waals surface area contributed by atoms with Gasteiger partial charge in [-0.05, 0) is 31.9 Å². The maximum Gasteiger partial charge on any atom is 0.158 e. The molecule has 2 aromatic rings. The zero-order valence-electron chi connectivity index (χ0n) is 12.5. The topological polar surface area (TPSA) is 62.1 Å². The highest BCUT2D eigenvalue weighted by Crippen LogP contribution is 2.24. The Morgan fingerprint density at radius 1 is 1.48 bits per heavy atom. The number of rotatable bonds is 5. The van der Waals surface area contributed by atoms with Crippen LogP contribution in [0.25, 0.3) is 5.69 Å². The maximum atomic E-state index is 5.53. The quantitative estimate of drug-likeness (QED) is 0.842. The molecule has 6 heteroatoms. The fourth-order valence-corrected chi connectivity index (χ4v) is 2.46. The monoisotopic (exact) mass is 288 g/mol. The summed E-state index contributed by atoms with van der Waals surface area (Å²) in [6.45, 7) is 6.60. The van der Waals surface area contributed by atoms with Crippen molar-refractivity contribution in [3.8, 4) is 5.69 Å². The molecule has 0 unspecified atom stereocenters. The van der Waals surface area contributed by atoms with Crippen LogP contribution in [0.3, 0.4) is 0 Å². The van der Waals surface area contributed by atoms with Gasteiger partial charge >= 0.3 is 0 Å².